The fourth-order valence-electron chi connectivity index (χ4n) is 4.39. The van der Waals surface area contributed by atoms with E-state index in [4.69, 9.17) is 21.1 Å². The van der Waals surface area contributed by atoms with Crippen LogP contribution < -0.4 is 14.4 Å². The number of nitrogens with zero attached hydrogens (tertiary/aromatic N) is 2. The van der Waals surface area contributed by atoms with Crippen molar-refractivity contribution in [3.05, 3.63) is 88.9 Å². The SMILES string of the molecule is O=C(NCc1ccc(CN2CCOCC2)cc1)C1CN(S(=O)(=O)c2ccccc2)c2cc(Cl)ccc2O1. The summed E-state index contributed by atoms with van der Waals surface area (Å²) in [5, 5.41) is 3.26. The third-order valence-electron chi connectivity index (χ3n) is 6.41. The van der Waals surface area contributed by atoms with E-state index < -0.39 is 22.0 Å². The number of carbonyl (C=O) groups excluding carboxylic acids is 1. The Kier molecular flexibility index (Phi) is 7.66. The van der Waals surface area contributed by atoms with Crippen molar-refractivity contribution in [3.63, 3.8) is 0 Å². The number of halogens is 1. The van der Waals surface area contributed by atoms with Gasteiger partial charge in [-0.3, -0.25) is 14.0 Å². The molecule has 0 saturated carbocycles. The van der Waals surface area contributed by atoms with Crippen LogP contribution in [0.1, 0.15) is 11.1 Å². The molecule has 1 amide bonds. The average Bonchev–Trinajstić information content (AvgIpc) is 2.93. The van der Waals surface area contributed by atoms with Crippen molar-refractivity contribution in [1.82, 2.24) is 10.2 Å². The number of fused-ring (bicyclic) bond motifs is 1. The molecule has 0 bridgehead atoms. The third-order valence-corrected chi connectivity index (χ3v) is 8.44. The number of sulfonamides is 1. The van der Waals surface area contributed by atoms with Gasteiger partial charge in [0.15, 0.2) is 6.10 Å². The lowest BCUT2D eigenvalue weighted by molar-refractivity contribution is -0.127. The van der Waals surface area contributed by atoms with E-state index in [0.29, 0.717) is 17.3 Å². The minimum absolute atomic E-state index is 0.124. The lowest BCUT2D eigenvalue weighted by Gasteiger charge is -2.34. The maximum Gasteiger partial charge on any atom is 0.264 e. The normalized spacial score (nSPS) is 18.1. The molecule has 3 aromatic carbocycles. The Balaban J connectivity index is 1.27. The topological polar surface area (TPSA) is 88.2 Å². The highest BCUT2D eigenvalue weighted by Gasteiger charge is 2.37. The number of amides is 1. The van der Waals surface area contributed by atoms with Crippen LogP contribution in [-0.4, -0.2) is 58.2 Å². The highest BCUT2D eigenvalue weighted by Crippen LogP contribution is 2.38. The monoisotopic (exact) mass is 541 g/mol. The van der Waals surface area contributed by atoms with Crippen LogP contribution in [0.2, 0.25) is 5.02 Å². The summed E-state index contributed by atoms with van der Waals surface area (Å²) in [5.41, 5.74) is 2.44. The Labute approximate surface area is 221 Å². The van der Waals surface area contributed by atoms with E-state index in [2.05, 4.69) is 22.3 Å². The summed E-state index contributed by atoms with van der Waals surface area (Å²) in [7, 11) is -3.94. The Hall–Kier alpha value is -3.11. The maximum atomic E-state index is 13.5. The van der Waals surface area contributed by atoms with Crippen molar-refractivity contribution in [2.24, 2.45) is 0 Å². The summed E-state index contributed by atoms with van der Waals surface area (Å²) < 4.78 is 39.4. The van der Waals surface area contributed by atoms with Crippen LogP contribution in [0.4, 0.5) is 5.69 Å². The predicted molar refractivity (Wildman–Crippen MR) is 141 cm³/mol. The molecule has 1 fully saturated rings. The fourth-order valence-corrected chi connectivity index (χ4v) is 6.05. The summed E-state index contributed by atoms with van der Waals surface area (Å²) in [6.07, 6.45) is -1.02. The van der Waals surface area contributed by atoms with Crippen molar-refractivity contribution < 1.29 is 22.7 Å². The van der Waals surface area contributed by atoms with Gasteiger partial charge in [0, 0.05) is 31.2 Å². The number of anilines is 1. The molecule has 2 heterocycles. The third kappa shape index (κ3) is 5.91. The standard InChI is InChI=1S/C27H28ClN3O5S/c28-22-10-11-25-24(16-22)31(37(33,34)23-4-2-1-3-5-23)19-26(36-25)27(32)29-17-20-6-8-21(9-7-20)18-30-12-14-35-15-13-30/h1-11,16,26H,12-15,17-19H2,(H,29,32). The molecule has 37 heavy (non-hydrogen) atoms. The summed E-state index contributed by atoms with van der Waals surface area (Å²) in [5.74, 6) is -0.117. The lowest BCUT2D eigenvalue weighted by Crippen LogP contribution is -2.50. The molecular formula is C27H28ClN3O5S. The van der Waals surface area contributed by atoms with E-state index in [9.17, 15) is 13.2 Å². The van der Waals surface area contributed by atoms with Crippen LogP contribution in [0.15, 0.2) is 77.7 Å². The summed E-state index contributed by atoms with van der Waals surface area (Å²) in [6.45, 7) is 4.35. The molecule has 1 atom stereocenters. The van der Waals surface area contributed by atoms with Crippen LogP contribution in [0.5, 0.6) is 5.75 Å². The Morgan fingerprint density at radius 1 is 0.973 bits per heavy atom. The van der Waals surface area contributed by atoms with Gasteiger partial charge in [-0.2, -0.15) is 0 Å². The van der Waals surface area contributed by atoms with Crippen molar-refractivity contribution in [3.8, 4) is 5.75 Å². The van der Waals surface area contributed by atoms with E-state index in [0.717, 1.165) is 38.4 Å². The first-order valence-electron chi connectivity index (χ1n) is 12.1. The van der Waals surface area contributed by atoms with Gasteiger partial charge in [-0.05, 0) is 41.5 Å². The largest absolute Gasteiger partial charge is 0.476 e. The van der Waals surface area contributed by atoms with E-state index in [-0.39, 0.29) is 17.2 Å². The molecule has 0 aliphatic carbocycles. The molecule has 3 aromatic rings. The van der Waals surface area contributed by atoms with Gasteiger partial charge in [0.1, 0.15) is 5.75 Å². The predicted octanol–water partition coefficient (Wildman–Crippen LogP) is 3.44. The van der Waals surface area contributed by atoms with Gasteiger partial charge in [-0.1, -0.05) is 54.1 Å². The zero-order valence-corrected chi connectivity index (χ0v) is 21.7. The van der Waals surface area contributed by atoms with E-state index >= 15 is 0 Å². The number of ether oxygens (including phenoxy) is 2. The molecule has 1 saturated heterocycles. The van der Waals surface area contributed by atoms with Gasteiger partial charge >= 0.3 is 0 Å². The number of nitrogens with one attached hydrogen (secondary N) is 1. The Bertz CT molecular complexity index is 1350. The molecule has 1 unspecified atom stereocenters. The minimum Gasteiger partial charge on any atom is -0.476 e. The van der Waals surface area contributed by atoms with Crippen molar-refractivity contribution in [2.75, 3.05) is 37.2 Å². The first kappa shape index (κ1) is 25.5. The van der Waals surface area contributed by atoms with Gasteiger partial charge in [-0.15, -0.1) is 0 Å². The van der Waals surface area contributed by atoms with Crippen LogP contribution >= 0.6 is 11.6 Å². The maximum absolute atomic E-state index is 13.5. The van der Waals surface area contributed by atoms with E-state index in [1.165, 1.54) is 28.1 Å². The number of hydrogen-bond donors (Lipinski definition) is 1. The second-order valence-electron chi connectivity index (χ2n) is 8.99. The first-order chi connectivity index (χ1) is 17.9. The van der Waals surface area contributed by atoms with Gasteiger partial charge in [0.2, 0.25) is 0 Å². The lowest BCUT2D eigenvalue weighted by atomic mass is 10.1. The molecule has 2 aliphatic heterocycles. The second kappa shape index (κ2) is 11.1. The van der Waals surface area contributed by atoms with Gasteiger partial charge < -0.3 is 14.8 Å². The average molecular weight is 542 g/mol. The van der Waals surface area contributed by atoms with Crippen molar-refractivity contribution >= 4 is 33.2 Å². The Morgan fingerprint density at radius 2 is 1.68 bits per heavy atom. The van der Waals surface area contributed by atoms with Crippen LogP contribution in [-0.2, 0) is 32.6 Å². The number of benzene rings is 3. The highest BCUT2D eigenvalue weighted by atomic mass is 35.5. The number of morpholine rings is 1. The Morgan fingerprint density at radius 3 is 2.41 bits per heavy atom. The van der Waals surface area contributed by atoms with Crippen molar-refractivity contribution in [2.45, 2.75) is 24.1 Å². The molecule has 0 aromatic heterocycles. The smallest absolute Gasteiger partial charge is 0.264 e. The zero-order chi connectivity index (χ0) is 25.8. The van der Waals surface area contributed by atoms with E-state index in [1.807, 2.05) is 12.1 Å². The van der Waals surface area contributed by atoms with Crippen LogP contribution in [0.25, 0.3) is 0 Å². The fraction of sp³-hybridized carbons (Fsp3) is 0.296. The minimum atomic E-state index is -3.94. The van der Waals surface area contributed by atoms with Crippen molar-refractivity contribution in [1.29, 1.82) is 0 Å². The first-order valence-corrected chi connectivity index (χ1v) is 13.9. The van der Waals surface area contributed by atoms with E-state index in [1.54, 1.807) is 30.3 Å². The second-order valence-corrected chi connectivity index (χ2v) is 11.3. The van der Waals surface area contributed by atoms with Gasteiger partial charge in [-0.25, -0.2) is 8.42 Å². The molecular weight excluding hydrogens is 514 g/mol. The molecule has 194 valence electrons. The highest BCUT2D eigenvalue weighted by molar-refractivity contribution is 7.92. The summed E-state index contributed by atoms with van der Waals surface area (Å²) in [4.78, 5) is 15.6. The van der Waals surface area contributed by atoms with Crippen LogP contribution in [0.3, 0.4) is 0 Å². The van der Waals surface area contributed by atoms with Gasteiger partial charge in [0.05, 0.1) is 30.3 Å². The van der Waals surface area contributed by atoms with Gasteiger partial charge in [0.25, 0.3) is 15.9 Å². The summed E-state index contributed by atoms with van der Waals surface area (Å²) in [6, 6.07) is 20.9. The molecule has 5 rings (SSSR count). The number of carbonyl (C=O) groups is 1. The van der Waals surface area contributed by atoms with Crippen LogP contribution in [0, 0.1) is 0 Å². The quantitative estimate of drug-likeness (QED) is 0.493. The number of rotatable bonds is 7. The molecule has 0 radical (unpaired) electrons. The zero-order valence-electron chi connectivity index (χ0n) is 20.2. The molecule has 0 spiro atoms. The molecule has 10 heteroatoms. The molecule has 8 nitrogen and oxygen atoms in total. The molecule has 1 N–H and O–H groups in total. The summed E-state index contributed by atoms with van der Waals surface area (Å²) >= 11 is 6.16. The number of hydrogen-bond acceptors (Lipinski definition) is 6. The molecule has 2 aliphatic rings.